The highest BCUT2D eigenvalue weighted by Crippen LogP contribution is 2.36. The fraction of sp³-hybridized carbons (Fsp3) is 0.294. The van der Waals surface area contributed by atoms with E-state index in [1.165, 1.54) is 38.0 Å². The molecule has 154 valence electrons. The number of alkyl halides is 3. The molecule has 3 rings (SSSR count). The lowest BCUT2D eigenvalue weighted by Gasteiger charge is -2.16. The van der Waals surface area contributed by atoms with Crippen molar-refractivity contribution in [2.45, 2.75) is 19.1 Å². The minimum atomic E-state index is -4.68. The SMILES string of the molecule is C[C@H](C(=O)Nc1ccc(Cl)c(C(F)(F)F)c1)n1cnc2c1c(=O)n(C)c(=O)n2C. The first-order valence-electron chi connectivity index (χ1n) is 8.23. The van der Waals surface area contributed by atoms with Crippen LogP contribution in [-0.4, -0.2) is 24.6 Å². The van der Waals surface area contributed by atoms with Gasteiger partial charge in [-0.2, -0.15) is 13.2 Å². The monoisotopic (exact) mass is 429 g/mol. The molecule has 0 spiro atoms. The van der Waals surface area contributed by atoms with Crippen molar-refractivity contribution in [2.24, 2.45) is 14.1 Å². The summed E-state index contributed by atoms with van der Waals surface area (Å²) in [5.74, 6) is -0.685. The molecule has 0 aliphatic carbocycles. The van der Waals surface area contributed by atoms with Gasteiger partial charge in [-0.25, -0.2) is 9.78 Å². The Morgan fingerprint density at radius 3 is 2.48 bits per heavy atom. The Morgan fingerprint density at radius 2 is 1.86 bits per heavy atom. The average molecular weight is 430 g/mol. The fourth-order valence-electron chi connectivity index (χ4n) is 2.85. The molecular formula is C17H15ClF3N5O3. The smallest absolute Gasteiger partial charge is 0.324 e. The van der Waals surface area contributed by atoms with Gasteiger partial charge in [-0.05, 0) is 25.1 Å². The lowest BCUT2D eigenvalue weighted by atomic mass is 10.2. The summed E-state index contributed by atoms with van der Waals surface area (Å²) in [5.41, 5.74) is -2.31. The van der Waals surface area contributed by atoms with Crippen LogP contribution in [0.4, 0.5) is 18.9 Å². The molecule has 2 heterocycles. The van der Waals surface area contributed by atoms with Crippen molar-refractivity contribution in [1.82, 2.24) is 18.7 Å². The first-order chi connectivity index (χ1) is 13.4. The normalized spacial score (nSPS) is 12.9. The van der Waals surface area contributed by atoms with Crippen LogP contribution in [0.3, 0.4) is 0 Å². The number of imidazole rings is 1. The molecule has 0 radical (unpaired) electrons. The van der Waals surface area contributed by atoms with Crippen molar-refractivity contribution in [1.29, 1.82) is 0 Å². The van der Waals surface area contributed by atoms with Crippen molar-refractivity contribution >= 4 is 34.4 Å². The molecule has 1 amide bonds. The van der Waals surface area contributed by atoms with E-state index in [-0.39, 0.29) is 16.9 Å². The Morgan fingerprint density at radius 1 is 1.21 bits per heavy atom. The van der Waals surface area contributed by atoms with Crippen LogP contribution in [0.15, 0.2) is 34.1 Å². The number of hydrogen-bond donors (Lipinski definition) is 1. The second-order valence-electron chi connectivity index (χ2n) is 6.39. The van der Waals surface area contributed by atoms with Gasteiger partial charge in [0.05, 0.1) is 16.9 Å². The Hall–Kier alpha value is -3.08. The molecule has 0 aliphatic rings. The number of carbonyl (C=O) groups is 1. The summed E-state index contributed by atoms with van der Waals surface area (Å²) in [6.45, 7) is 1.45. The number of rotatable bonds is 3. The van der Waals surface area contributed by atoms with Crippen molar-refractivity contribution in [3.63, 3.8) is 0 Å². The van der Waals surface area contributed by atoms with Gasteiger partial charge in [-0.15, -0.1) is 0 Å². The van der Waals surface area contributed by atoms with E-state index in [4.69, 9.17) is 11.6 Å². The Kier molecular flexibility index (Phi) is 5.03. The summed E-state index contributed by atoms with van der Waals surface area (Å²) in [6, 6.07) is 1.98. The lowest BCUT2D eigenvalue weighted by molar-refractivity contribution is -0.137. The topological polar surface area (TPSA) is 90.9 Å². The average Bonchev–Trinajstić information content (AvgIpc) is 3.09. The highest BCUT2D eigenvalue weighted by atomic mass is 35.5. The Labute approximate surface area is 166 Å². The predicted octanol–water partition coefficient (Wildman–Crippen LogP) is 2.31. The third-order valence-electron chi connectivity index (χ3n) is 4.51. The van der Waals surface area contributed by atoms with Gasteiger partial charge in [0, 0.05) is 19.8 Å². The van der Waals surface area contributed by atoms with Gasteiger partial charge in [0.2, 0.25) is 5.91 Å². The summed E-state index contributed by atoms with van der Waals surface area (Å²) in [4.78, 5) is 41.1. The molecular weight excluding hydrogens is 415 g/mol. The molecule has 0 saturated carbocycles. The number of nitrogens with one attached hydrogen (secondary N) is 1. The van der Waals surface area contributed by atoms with Gasteiger partial charge in [0.1, 0.15) is 6.04 Å². The molecule has 0 bridgehead atoms. The third-order valence-corrected chi connectivity index (χ3v) is 4.84. The number of anilines is 1. The van der Waals surface area contributed by atoms with E-state index < -0.39 is 40.0 Å². The summed E-state index contributed by atoms with van der Waals surface area (Å²) in [6.07, 6.45) is -3.46. The summed E-state index contributed by atoms with van der Waals surface area (Å²) >= 11 is 5.58. The van der Waals surface area contributed by atoms with Crippen LogP contribution in [0.2, 0.25) is 5.02 Å². The maximum atomic E-state index is 13.0. The third kappa shape index (κ3) is 3.53. The van der Waals surface area contributed by atoms with Gasteiger partial charge >= 0.3 is 11.9 Å². The fourth-order valence-corrected chi connectivity index (χ4v) is 3.08. The number of nitrogens with zero attached hydrogens (tertiary/aromatic N) is 4. The zero-order chi connectivity index (χ0) is 21.7. The number of aromatic nitrogens is 4. The summed E-state index contributed by atoms with van der Waals surface area (Å²) < 4.78 is 42.3. The number of benzene rings is 1. The number of amides is 1. The van der Waals surface area contributed by atoms with E-state index >= 15 is 0 Å². The molecule has 3 aromatic rings. The quantitative estimate of drug-likeness (QED) is 0.691. The van der Waals surface area contributed by atoms with Crippen LogP contribution >= 0.6 is 11.6 Å². The molecule has 12 heteroatoms. The zero-order valence-electron chi connectivity index (χ0n) is 15.4. The van der Waals surface area contributed by atoms with Gasteiger partial charge in [0.25, 0.3) is 5.56 Å². The zero-order valence-corrected chi connectivity index (χ0v) is 16.2. The first kappa shape index (κ1) is 20.6. The van der Waals surface area contributed by atoms with Crippen molar-refractivity contribution < 1.29 is 18.0 Å². The maximum Gasteiger partial charge on any atom is 0.417 e. The first-order valence-corrected chi connectivity index (χ1v) is 8.61. The molecule has 1 aromatic carbocycles. The van der Waals surface area contributed by atoms with Gasteiger partial charge < -0.3 is 9.88 Å². The number of halogens is 4. The van der Waals surface area contributed by atoms with E-state index in [1.807, 2.05) is 0 Å². The minimum Gasteiger partial charge on any atom is -0.324 e. The molecule has 0 unspecified atom stereocenters. The molecule has 29 heavy (non-hydrogen) atoms. The van der Waals surface area contributed by atoms with Crippen LogP contribution in [-0.2, 0) is 25.1 Å². The molecule has 0 fully saturated rings. The predicted molar refractivity (Wildman–Crippen MR) is 100 cm³/mol. The van der Waals surface area contributed by atoms with E-state index in [2.05, 4.69) is 10.3 Å². The van der Waals surface area contributed by atoms with E-state index in [0.29, 0.717) is 0 Å². The van der Waals surface area contributed by atoms with E-state index in [1.54, 1.807) is 0 Å². The molecule has 2 aromatic heterocycles. The lowest BCUT2D eigenvalue weighted by Crippen LogP contribution is -2.38. The standard InChI is InChI=1S/C17H15ClF3N5O3/c1-8(14(27)23-9-4-5-11(18)10(6-9)17(19,20)21)26-7-22-13-12(26)15(28)25(3)16(29)24(13)2/h4-8H,1-3H3,(H,23,27)/t8-/m1/s1. The second-order valence-corrected chi connectivity index (χ2v) is 6.79. The second kappa shape index (κ2) is 7.07. The molecule has 8 nitrogen and oxygen atoms in total. The van der Waals surface area contributed by atoms with Crippen LogP contribution in [0.5, 0.6) is 0 Å². The van der Waals surface area contributed by atoms with Crippen molar-refractivity contribution in [3.8, 4) is 0 Å². The van der Waals surface area contributed by atoms with Crippen LogP contribution in [0, 0.1) is 0 Å². The number of hydrogen-bond acceptors (Lipinski definition) is 4. The van der Waals surface area contributed by atoms with E-state index in [9.17, 15) is 27.6 Å². The molecule has 0 saturated heterocycles. The van der Waals surface area contributed by atoms with Crippen molar-refractivity contribution in [2.75, 3.05) is 5.32 Å². The van der Waals surface area contributed by atoms with Crippen molar-refractivity contribution in [3.05, 3.63) is 56.0 Å². The maximum absolute atomic E-state index is 13.0. The highest BCUT2D eigenvalue weighted by Gasteiger charge is 2.33. The van der Waals surface area contributed by atoms with Gasteiger partial charge in [0.15, 0.2) is 11.2 Å². The van der Waals surface area contributed by atoms with Gasteiger partial charge in [-0.3, -0.25) is 18.7 Å². The largest absolute Gasteiger partial charge is 0.417 e. The Bertz CT molecular complexity index is 1240. The minimum absolute atomic E-state index is 0.0179. The Balaban J connectivity index is 1.99. The van der Waals surface area contributed by atoms with E-state index in [0.717, 1.165) is 21.3 Å². The van der Waals surface area contributed by atoms with Gasteiger partial charge in [-0.1, -0.05) is 11.6 Å². The molecule has 1 N–H and O–H groups in total. The molecule has 1 atom stereocenters. The summed E-state index contributed by atoms with van der Waals surface area (Å²) in [5, 5.41) is 1.88. The summed E-state index contributed by atoms with van der Waals surface area (Å²) in [7, 11) is 2.72. The van der Waals surface area contributed by atoms with Crippen LogP contribution < -0.4 is 16.6 Å². The number of fused-ring (bicyclic) bond motifs is 1. The molecule has 0 aliphatic heterocycles. The van der Waals surface area contributed by atoms with Crippen LogP contribution in [0.25, 0.3) is 11.2 Å². The number of aryl methyl sites for hydroxylation is 1. The van der Waals surface area contributed by atoms with Crippen LogP contribution in [0.1, 0.15) is 18.5 Å². The highest BCUT2D eigenvalue weighted by molar-refractivity contribution is 6.31. The number of carbonyl (C=O) groups excluding carboxylic acids is 1.